The maximum Gasteiger partial charge on any atom is 0.573 e. The van der Waals surface area contributed by atoms with Crippen LogP contribution in [0, 0.1) is 0 Å². The lowest BCUT2D eigenvalue weighted by Crippen LogP contribution is -2.46. The van der Waals surface area contributed by atoms with Gasteiger partial charge in [0.1, 0.15) is 11.5 Å². The number of nitrogens with one attached hydrogen (secondary N) is 1. The molecule has 0 bridgehead atoms. The van der Waals surface area contributed by atoms with Gasteiger partial charge in [0.05, 0.1) is 30.2 Å². The van der Waals surface area contributed by atoms with Crippen molar-refractivity contribution < 1.29 is 32.5 Å². The lowest BCUT2D eigenvalue weighted by atomic mass is 9.90. The Morgan fingerprint density at radius 1 is 1.16 bits per heavy atom. The molecule has 3 heterocycles. The van der Waals surface area contributed by atoms with Crippen LogP contribution in [-0.2, 0) is 4.79 Å². The number of ether oxygens (including phenoxy) is 2. The van der Waals surface area contributed by atoms with Crippen LogP contribution in [0.2, 0.25) is 5.02 Å². The summed E-state index contributed by atoms with van der Waals surface area (Å²) in [6.45, 7) is 0. The number of pyridine rings is 1. The molecular formula is C25H24ClF3N4O4. The van der Waals surface area contributed by atoms with Gasteiger partial charge in [0, 0.05) is 34.8 Å². The van der Waals surface area contributed by atoms with Gasteiger partial charge in [-0.15, -0.1) is 13.2 Å². The van der Waals surface area contributed by atoms with Crippen LogP contribution in [0.5, 0.6) is 11.5 Å². The number of benzene rings is 1. The van der Waals surface area contributed by atoms with Crippen molar-refractivity contribution >= 4 is 17.5 Å². The Balaban J connectivity index is 1.13. The summed E-state index contributed by atoms with van der Waals surface area (Å²) >= 11 is 5.99. The van der Waals surface area contributed by atoms with E-state index < -0.39 is 18.6 Å². The minimum Gasteiger partial charge on any atom is -0.480 e. The van der Waals surface area contributed by atoms with Crippen molar-refractivity contribution in [3.05, 3.63) is 59.5 Å². The van der Waals surface area contributed by atoms with Gasteiger partial charge >= 0.3 is 6.36 Å². The van der Waals surface area contributed by atoms with Gasteiger partial charge in [-0.25, -0.2) is 0 Å². The van der Waals surface area contributed by atoms with Gasteiger partial charge in [0.2, 0.25) is 0 Å². The van der Waals surface area contributed by atoms with Crippen molar-refractivity contribution in [2.45, 2.75) is 62.8 Å². The van der Waals surface area contributed by atoms with Crippen LogP contribution >= 0.6 is 11.6 Å². The van der Waals surface area contributed by atoms with Crippen LogP contribution in [0.3, 0.4) is 0 Å². The molecule has 2 aromatic heterocycles. The Labute approximate surface area is 215 Å². The van der Waals surface area contributed by atoms with Gasteiger partial charge in [-0.1, -0.05) is 11.6 Å². The van der Waals surface area contributed by atoms with Crippen LogP contribution in [0.1, 0.15) is 49.8 Å². The van der Waals surface area contributed by atoms with Crippen LogP contribution in [0.25, 0.3) is 11.3 Å². The molecule has 2 N–H and O–H groups in total. The van der Waals surface area contributed by atoms with Gasteiger partial charge < -0.3 is 19.9 Å². The lowest BCUT2D eigenvalue weighted by molar-refractivity contribution is -0.274. The van der Waals surface area contributed by atoms with E-state index in [2.05, 4.69) is 20.1 Å². The third-order valence-electron chi connectivity index (χ3n) is 6.61. The predicted molar refractivity (Wildman–Crippen MR) is 127 cm³/mol. The molecule has 2 atom stereocenters. The number of carbonyl (C=O) groups excluding carboxylic acids is 1. The van der Waals surface area contributed by atoms with Crippen molar-refractivity contribution in [2.24, 2.45) is 0 Å². The first-order valence-electron chi connectivity index (χ1n) is 11.9. The Bertz CT molecular complexity index is 1260. The van der Waals surface area contributed by atoms with Crippen LogP contribution < -0.4 is 14.8 Å². The molecule has 1 aromatic carbocycles. The van der Waals surface area contributed by atoms with Crippen LogP contribution in [-0.4, -0.2) is 44.3 Å². The number of amides is 1. The molecule has 0 spiro atoms. The maximum absolute atomic E-state index is 12.8. The summed E-state index contributed by atoms with van der Waals surface area (Å²) in [5.74, 6) is -0.183. The molecule has 8 nitrogen and oxygen atoms in total. The Morgan fingerprint density at radius 2 is 1.95 bits per heavy atom. The predicted octanol–water partition coefficient (Wildman–Crippen LogP) is 4.98. The number of aromatic nitrogens is 3. The van der Waals surface area contributed by atoms with E-state index in [4.69, 9.17) is 16.3 Å². The number of fused-ring (bicyclic) bond motifs is 1. The van der Waals surface area contributed by atoms with E-state index in [9.17, 15) is 23.1 Å². The van der Waals surface area contributed by atoms with E-state index in [1.54, 1.807) is 24.4 Å². The van der Waals surface area contributed by atoms with Gasteiger partial charge in [0.25, 0.3) is 5.91 Å². The number of hydrogen-bond donors (Lipinski definition) is 2. The molecule has 1 fully saturated rings. The molecule has 1 aliphatic carbocycles. The number of aliphatic hydroxyl groups is 1. The van der Waals surface area contributed by atoms with Crippen molar-refractivity contribution in [3.8, 4) is 22.8 Å². The highest BCUT2D eigenvalue weighted by Crippen LogP contribution is 2.37. The van der Waals surface area contributed by atoms with E-state index in [1.165, 1.54) is 12.1 Å². The molecule has 1 amide bonds. The van der Waals surface area contributed by atoms with Crippen LogP contribution in [0.4, 0.5) is 13.2 Å². The number of hydrogen-bond acceptors (Lipinski definition) is 6. The average Bonchev–Trinajstić information content (AvgIpc) is 3.34. The molecule has 0 saturated heterocycles. The highest BCUT2D eigenvalue weighted by Gasteiger charge is 2.34. The maximum atomic E-state index is 12.8. The average molecular weight is 537 g/mol. The molecule has 2 aliphatic rings. The van der Waals surface area contributed by atoms with E-state index in [0.717, 1.165) is 31.9 Å². The zero-order valence-electron chi connectivity index (χ0n) is 19.5. The van der Waals surface area contributed by atoms with Crippen LogP contribution in [0.15, 0.2) is 48.9 Å². The van der Waals surface area contributed by atoms with Crippen molar-refractivity contribution in [1.82, 2.24) is 20.1 Å². The second-order valence-electron chi connectivity index (χ2n) is 9.19. The normalized spacial score (nSPS) is 23.6. The summed E-state index contributed by atoms with van der Waals surface area (Å²) in [6.07, 6.45) is 1.30. The molecule has 12 heteroatoms. The summed E-state index contributed by atoms with van der Waals surface area (Å²) < 4.78 is 48.5. The van der Waals surface area contributed by atoms with Gasteiger partial charge in [0.15, 0.2) is 6.10 Å². The Morgan fingerprint density at radius 3 is 2.65 bits per heavy atom. The van der Waals surface area contributed by atoms with Gasteiger partial charge in [-0.3, -0.25) is 14.5 Å². The third kappa shape index (κ3) is 5.99. The zero-order chi connectivity index (χ0) is 26.2. The first-order valence-corrected chi connectivity index (χ1v) is 12.2. The van der Waals surface area contributed by atoms with E-state index >= 15 is 0 Å². The number of carbonyl (C=O) groups is 1. The van der Waals surface area contributed by atoms with E-state index in [0.29, 0.717) is 27.6 Å². The number of rotatable bonds is 5. The highest BCUT2D eigenvalue weighted by molar-refractivity contribution is 6.30. The third-order valence-corrected chi connectivity index (χ3v) is 6.85. The van der Waals surface area contributed by atoms with Gasteiger partial charge in [-0.2, -0.15) is 5.10 Å². The molecule has 3 aromatic rings. The Hall–Kier alpha value is -3.31. The number of aliphatic hydroxyl groups excluding tert-OH is 1. The first kappa shape index (κ1) is 25.3. The molecule has 0 radical (unpaired) electrons. The second-order valence-corrected chi connectivity index (χ2v) is 9.63. The molecule has 37 heavy (non-hydrogen) atoms. The zero-order valence-corrected chi connectivity index (χ0v) is 20.2. The molecule has 0 unspecified atom stereocenters. The summed E-state index contributed by atoms with van der Waals surface area (Å²) in [7, 11) is 0. The number of halogens is 4. The molecular weight excluding hydrogens is 513 g/mol. The minimum atomic E-state index is -4.77. The number of nitrogens with zero attached hydrogens (tertiary/aromatic N) is 3. The smallest absolute Gasteiger partial charge is 0.480 e. The fourth-order valence-electron chi connectivity index (χ4n) is 4.77. The fraction of sp³-hybridized carbons (Fsp3) is 0.400. The topological polar surface area (TPSA) is 98.5 Å². The summed E-state index contributed by atoms with van der Waals surface area (Å²) in [5, 5.41) is 18.4. The van der Waals surface area contributed by atoms with Crippen molar-refractivity contribution in [1.29, 1.82) is 0 Å². The molecule has 1 aliphatic heterocycles. The monoisotopic (exact) mass is 536 g/mol. The van der Waals surface area contributed by atoms with E-state index in [-0.39, 0.29) is 30.2 Å². The lowest BCUT2D eigenvalue weighted by Gasteiger charge is -2.32. The van der Waals surface area contributed by atoms with Gasteiger partial charge in [-0.05, 0) is 56.0 Å². The Kier molecular flexibility index (Phi) is 7.00. The largest absolute Gasteiger partial charge is 0.573 e. The molecule has 1 saturated carbocycles. The SMILES string of the molecule is O=C(NC1CCC(n2cc(-c3ccc(OC(F)(F)F)cn3)cn2)CC1)[C@H]1C[C@@H](O)c2cc(Cl)ccc2O1. The molecule has 196 valence electrons. The highest BCUT2D eigenvalue weighted by atomic mass is 35.5. The van der Waals surface area contributed by atoms with Crippen molar-refractivity contribution in [2.75, 3.05) is 0 Å². The van der Waals surface area contributed by atoms with E-state index in [1.807, 2.05) is 10.9 Å². The number of alkyl halides is 3. The fourth-order valence-corrected chi connectivity index (χ4v) is 4.95. The molecule has 5 rings (SSSR count). The summed E-state index contributed by atoms with van der Waals surface area (Å²) in [5.41, 5.74) is 1.75. The standard InChI is InChI=1S/C25H24ClF3N4O4/c26-15-1-8-22-19(9-15)21(34)10-23(36-22)24(35)32-16-2-4-17(5-3-16)33-13-14(11-31-33)20-7-6-18(12-30-20)37-25(27,28)29/h1,6-9,11-13,16-17,21,23,34H,2-5,10H2,(H,32,35)/t16?,17?,21-,23-/m1/s1. The summed E-state index contributed by atoms with van der Waals surface area (Å²) in [4.78, 5) is 16.9. The van der Waals surface area contributed by atoms with Crippen molar-refractivity contribution in [3.63, 3.8) is 0 Å². The quantitative estimate of drug-likeness (QED) is 0.477. The second kappa shape index (κ2) is 10.2. The summed E-state index contributed by atoms with van der Waals surface area (Å²) in [6, 6.07) is 7.72. The minimum absolute atomic E-state index is 0.0195. The first-order chi connectivity index (χ1) is 17.6.